The van der Waals surface area contributed by atoms with Gasteiger partial charge in [0.05, 0.1) is 31.1 Å². The molecule has 1 unspecified atom stereocenters. The first-order chi connectivity index (χ1) is 8.63. The number of hydrogen-bond donors (Lipinski definition) is 1. The molecule has 5 heteroatoms. The van der Waals surface area contributed by atoms with E-state index in [4.69, 9.17) is 10.00 Å². The van der Waals surface area contributed by atoms with Gasteiger partial charge in [-0.3, -0.25) is 4.79 Å². The Kier molecular flexibility index (Phi) is 6.69. The molecule has 1 heterocycles. The highest BCUT2D eigenvalue weighted by atomic mass is 16.5. The minimum absolute atomic E-state index is 0.0473. The van der Waals surface area contributed by atoms with Crippen molar-refractivity contribution in [1.29, 1.82) is 5.26 Å². The molecule has 0 aromatic heterocycles. The second kappa shape index (κ2) is 8.06. The van der Waals surface area contributed by atoms with Crippen LogP contribution >= 0.6 is 0 Å². The van der Waals surface area contributed by atoms with E-state index in [-0.39, 0.29) is 11.8 Å². The summed E-state index contributed by atoms with van der Waals surface area (Å²) in [6.45, 7) is 4.78. The SMILES string of the molecule is CC(C#N)CN(C)C(=O)CCOC1CCNCC1. The number of nitrogens with one attached hydrogen (secondary N) is 1. The van der Waals surface area contributed by atoms with Crippen LogP contribution in [0.25, 0.3) is 0 Å². The number of rotatable bonds is 6. The zero-order valence-electron chi connectivity index (χ0n) is 11.3. The van der Waals surface area contributed by atoms with E-state index in [1.807, 2.05) is 6.92 Å². The zero-order chi connectivity index (χ0) is 13.4. The summed E-state index contributed by atoms with van der Waals surface area (Å²) in [5.41, 5.74) is 0. The van der Waals surface area contributed by atoms with Crippen LogP contribution in [-0.4, -0.2) is 50.2 Å². The van der Waals surface area contributed by atoms with E-state index in [1.165, 1.54) is 0 Å². The highest BCUT2D eigenvalue weighted by Crippen LogP contribution is 2.08. The summed E-state index contributed by atoms with van der Waals surface area (Å²) >= 11 is 0. The third kappa shape index (κ3) is 5.48. The number of ether oxygens (including phenoxy) is 1. The van der Waals surface area contributed by atoms with Crippen molar-refractivity contribution in [2.75, 3.05) is 33.3 Å². The summed E-state index contributed by atoms with van der Waals surface area (Å²) in [5.74, 6) is -0.0738. The highest BCUT2D eigenvalue weighted by molar-refractivity contribution is 5.75. The van der Waals surface area contributed by atoms with Crippen molar-refractivity contribution in [3.05, 3.63) is 0 Å². The number of piperidine rings is 1. The van der Waals surface area contributed by atoms with Crippen molar-refractivity contribution < 1.29 is 9.53 Å². The molecule has 1 aliphatic heterocycles. The fourth-order valence-electron chi connectivity index (χ4n) is 2.02. The number of hydrogen-bond acceptors (Lipinski definition) is 4. The minimum atomic E-state index is -0.121. The monoisotopic (exact) mass is 253 g/mol. The summed E-state index contributed by atoms with van der Waals surface area (Å²) in [7, 11) is 1.74. The molecule has 1 fully saturated rings. The van der Waals surface area contributed by atoms with Gasteiger partial charge in [-0.2, -0.15) is 5.26 Å². The smallest absolute Gasteiger partial charge is 0.224 e. The lowest BCUT2D eigenvalue weighted by molar-refractivity contribution is -0.131. The lowest BCUT2D eigenvalue weighted by atomic mass is 10.1. The lowest BCUT2D eigenvalue weighted by Gasteiger charge is -2.23. The Hall–Kier alpha value is -1.12. The molecule has 1 amide bonds. The first kappa shape index (κ1) is 14.9. The number of carbonyl (C=O) groups excluding carboxylic acids is 1. The maximum absolute atomic E-state index is 11.8. The second-order valence-corrected chi connectivity index (χ2v) is 4.87. The van der Waals surface area contributed by atoms with Crippen molar-refractivity contribution in [1.82, 2.24) is 10.2 Å². The fourth-order valence-corrected chi connectivity index (χ4v) is 2.02. The second-order valence-electron chi connectivity index (χ2n) is 4.87. The Morgan fingerprint density at radius 2 is 2.22 bits per heavy atom. The van der Waals surface area contributed by atoms with Gasteiger partial charge in [0.1, 0.15) is 0 Å². The van der Waals surface area contributed by atoms with Crippen LogP contribution in [0.3, 0.4) is 0 Å². The number of amides is 1. The number of nitrogens with zero attached hydrogens (tertiary/aromatic N) is 2. The molecule has 1 rings (SSSR count). The Labute approximate surface area is 109 Å². The molecule has 0 bridgehead atoms. The van der Waals surface area contributed by atoms with Crippen molar-refractivity contribution in [2.24, 2.45) is 5.92 Å². The molecule has 1 atom stereocenters. The van der Waals surface area contributed by atoms with Crippen molar-refractivity contribution >= 4 is 5.91 Å². The van der Waals surface area contributed by atoms with Crippen molar-refractivity contribution in [3.8, 4) is 6.07 Å². The Bertz CT molecular complexity index is 295. The third-order valence-corrected chi connectivity index (χ3v) is 3.15. The fraction of sp³-hybridized carbons (Fsp3) is 0.846. The quantitative estimate of drug-likeness (QED) is 0.759. The van der Waals surface area contributed by atoms with Gasteiger partial charge in [-0.1, -0.05) is 0 Å². The third-order valence-electron chi connectivity index (χ3n) is 3.15. The molecule has 0 aromatic carbocycles. The maximum Gasteiger partial charge on any atom is 0.224 e. The van der Waals surface area contributed by atoms with E-state index in [0.29, 0.717) is 25.7 Å². The summed E-state index contributed by atoms with van der Waals surface area (Å²) in [6, 6.07) is 2.13. The molecule has 1 aliphatic rings. The Morgan fingerprint density at radius 1 is 1.56 bits per heavy atom. The lowest BCUT2D eigenvalue weighted by Crippen LogP contribution is -2.34. The van der Waals surface area contributed by atoms with Crippen LogP contribution in [0, 0.1) is 17.2 Å². The van der Waals surface area contributed by atoms with Crippen LogP contribution in [0.1, 0.15) is 26.2 Å². The van der Waals surface area contributed by atoms with Crippen LogP contribution in [0.15, 0.2) is 0 Å². The molecule has 0 spiro atoms. The van der Waals surface area contributed by atoms with Gasteiger partial charge in [-0.25, -0.2) is 0 Å². The van der Waals surface area contributed by atoms with E-state index in [2.05, 4.69) is 11.4 Å². The maximum atomic E-state index is 11.8. The summed E-state index contributed by atoms with van der Waals surface area (Å²) in [5, 5.41) is 12.0. The molecule has 1 saturated heterocycles. The predicted octanol–water partition coefficient (Wildman–Crippen LogP) is 0.763. The molecule has 5 nitrogen and oxygen atoms in total. The van der Waals surface area contributed by atoms with Gasteiger partial charge in [0.25, 0.3) is 0 Å². The molecule has 0 aliphatic carbocycles. The minimum Gasteiger partial charge on any atom is -0.378 e. The average molecular weight is 253 g/mol. The molecule has 0 saturated carbocycles. The van der Waals surface area contributed by atoms with E-state index in [0.717, 1.165) is 25.9 Å². The van der Waals surface area contributed by atoms with Crippen LogP contribution in [0.2, 0.25) is 0 Å². The molecular weight excluding hydrogens is 230 g/mol. The molecule has 102 valence electrons. The van der Waals surface area contributed by atoms with Gasteiger partial charge >= 0.3 is 0 Å². The van der Waals surface area contributed by atoms with E-state index in [9.17, 15) is 4.79 Å². The van der Waals surface area contributed by atoms with Crippen LogP contribution in [-0.2, 0) is 9.53 Å². The van der Waals surface area contributed by atoms with Crippen molar-refractivity contribution in [2.45, 2.75) is 32.3 Å². The first-order valence-corrected chi connectivity index (χ1v) is 6.59. The van der Waals surface area contributed by atoms with Crippen molar-refractivity contribution in [3.63, 3.8) is 0 Å². The highest BCUT2D eigenvalue weighted by Gasteiger charge is 2.15. The van der Waals surface area contributed by atoms with Gasteiger partial charge in [0.15, 0.2) is 0 Å². The van der Waals surface area contributed by atoms with Gasteiger partial charge in [-0.05, 0) is 32.9 Å². The normalized spacial score (nSPS) is 18.1. The largest absolute Gasteiger partial charge is 0.378 e. The van der Waals surface area contributed by atoms with Gasteiger partial charge in [0.2, 0.25) is 5.91 Å². The van der Waals surface area contributed by atoms with E-state index in [1.54, 1.807) is 11.9 Å². The molecular formula is C13H23N3O2. The Balaban J connectivity index is 2.14. The standard InChI is InChI=1S/C13H23N3O2/c1-11(9-14)10-16(2)13(17)5-8-18-12-3-6-15-7-4-12/h11-12,15H,3-8,10H2,1-2H3. The van der Waals surface area contributed by atoms with Gasteiger partial charge in [0, 0.05) is 13.6 Å². The molecule has 1 N–H and O–H groups in total. The van der Waals surface area contributed by atoms with Crippen LogP contribution < -0.4 is 5.32 Å². The summed E-state index contributed by atoms with van der Waals surface area (Å²) < 4.78 is 5.68. The van der Waals surface area contributed by atoms with E-state index < -0.39 is 0 Å². The van der Waals surface area contributed by atoms with E-state index >= 15 is 0 Å². The summed E-state index contributed by atoms with van der Waals surface area (Å²) in [4.78, 5) is 13.4. The average Bonchev–Trinajstić information content (AvgIpc) is 2.39. The van der Waals surface area contributed by atoms with Gasteiger partial charge in [-0.15, -0.1) is 0 Å². The number of nitriles is 1. The van der Waals surface area contributed by atoms with Gasteiger partial charge < -0.3 is 15.0 Å². The van der Waals surface area contributed by atoms with Crippen LogP contribution in [0.4, 0.5) is 0 Å². The molecule has 18 heavy (non-hydrogen) atoms. The molecule has 0 radical (unpaired) electrons. The molecule has 0 aromatic rings. The Morgan fingerprint density at radius 3 is 2.83 bits per heavy atom. The first-order valence-electron chi connectivity index (χ1n) is 6.59. The van der Waals surface area contributed by atoms with Crippen LogP contribution in [0.5, 0.6) is 0 Å². The predicted molar refractivity (Wildman–Crippen MR) is 68.9 cm³/mol. The topological polar surface area (TPSA) is 65.4 Å². The zero-order valence-corrected chi connectivity index (χ0v) is 11.3. The number of carbonyl (C=O) groups is 1. The summed E-state index contributed by atoms with van der Waals surface area (Å²) in [6.07, 6.45) is 2.74.